The third kappa shape index (κ3) is 3.19. The molecule has 1 aromatic rings. The Labute approximate surface area is 108 Å². The number of aromatic carboxylic acids is 1. The summed E-state index contributed by atoms with van der Waals surface area (Å²) in [5, 5.41) is 12.0. The van der Waals surface area contributed by atoms with Crippen LogP contribution in [0.1, 0.15) is 41.6 Å². The lowest BCUT2D eigenvalue weighted by Crippen LogP contribution is -2.17. The van der Waals surface area contributed by atoms with E-state index in [1.54, 1.807) is 0 Å². The summed E-state index contributed by atoms with van der Waals surface area (Å²) in [7, 11) is 0. The molecule has 2 rings (SSSR count). The van der Waals surface area contributed by atoms with E-state index in [4.69, 9.17) is 5.11 Å². The predicted molar refractivity (Wildman–Crippen MR) is 64.3 cm³/mol. The van der Waals surface area contributed by atoms with Crippen molar-refractivity contribution >= 4 is 11.7 Å². The Morgan fingerprint density at radius 3 is 2.42 bits per heavy atom. The summed E-state index contributed by atoms with van der Waals surface area (Å²) in [4.78, 5) is 10.9. The van der Waals surface area contributed by atoms with Crippen LogP contribution < -0.4 is 5.32 Å². The Balaban J connectivity index is 2.28. The number of alkyl halides is 3. The van der Waals surface area contributed by atoms with E-state index in [0.29, 0.717) is 5.69 Å². The minimum Gasteiger partial charge on any atom is -0.478 e. The van der Waals surface area contributed by atoms with Crippen molar-refractivity contribution in [3.05, 3.63) is 29.3 Å². The zero-order valence-corrected chi connectivity index (χ0v) is 10.1. The van der Waals surface area contributed by atoms with Crippen LogP contribution in [-0.2, 0) is 6.18 Å². The highest BCUT2D eigenvalue weighted by Gasteiger charge is 2.35. The first-order valence-corrected chi connectivity index (χ1v) is 6.09. The molecule has 0 spiro atoms. The second-order valence-corrected chi connectivity index (χ2v) is 4.69. The largest absolute Gasteiger partial charge is 0.478 e. The highest BCUT2D eigenvalue weighted by atomic mass is 19.4. The van der Waals surface area contributed by atoms with Crippen molar-refractivity contribution in [3.8, 4) is 0 Å². The summed E-state index contributed by atoms with van der Waals surface area (Å²) in [5.74, 6) is -1.57. The van der Waals surface area contributed by atoms with Gasteiger partial charge in [-0.3, -0.25) is 0 Å². The monoisotopic (exact) mass is 273 g/mol. The molecule has 0 radical (unpaired) electrons. The van der Waals surface area contributed by atoms with Gasteiger partial charge in [0.15, 0.2) is 0 Å². The topological polar surface area (TPSA) is 49.3 Å². The van der Waals surface area contributed by atoms with Gasteiger partial charge in [-0.05, 0) is 31.0 Å². The fourth-order valence-electron chi connectivity index (χ4n) is 2.36. The number of anilines is 1. The van der Waals surface area contributed by atoms with Crippen molar-refractivity contribution in [1.82, 2.24) is 0 Å². The fraction of sp³-hybridized carbons (Fsp3) is 0.462. The molecule has 2 N–H and O–H groups in total. The van der Waals surface area contributed by atoms with Gasteiger partial charge in [-0.1, -0.05) is 12.8 Å². The number of carboxylic acid groups (broad SMARTS) is 1. The summed E-state index contributed by atoms with van der Waals surface area (Å²) in [5.41, 5.74) is -1.40. The number of nitrogens with one attached hydrogen (secondary N) is 1. The van der Waals surface area contributed by atoms with Crippen LogP contribution in [0.3, 0.4) is 0 Å². The lowest BCUT2D eigenvalue weighted by molar-refractivity contribution is -0.138. The molecule has 1 fully saturated rings. The molecule has 1 aromatic carbocycles. The highest BCUT2D eigenvalue weighted by molar-refractivity contribution is 5.91. The first-order valence-electron chi connectivity index (χ1n) is 6.09. The van der Waals surface area contributed by atoms with E-state index in [1.165, 1.54) is 6.07 Å². The summed E-state index contributed by atoms with van der Waals surface area (Å²) in [6.07, 6.45) is -0.555. The predicted octanol–water partition coefficient (Wildman–Crippen LogP) is 3.76. The Hall–Kier alpha value is -1.72. The molecule has 0 amide bonds. The van der Waals surface area contributed by atoms with Crippen molar-refractivity contribution in [2.24, 2.45) is 0 Å². The molecule has 1 saturated carbocycles. The van der Waals surface area contributed by atoms with Gasteiger partial charge in [-0.25, -0.2) is 4.79 Å². The van der Waals surface area contributed by atoms with Gasteiger partial charge in [0, 0.05) is 11.7 Å². The van der Waals surface area contributed by atoms with Gasteiger partial charge in [-0.2, -0.15) is 13.2 Å². The van der Waals surface area contributed by atoms with Crippen LogP contribution in [0.15, 0.2) is 18.2 Å². The quantitative estimate of drug-likeness (QED) is 0.881. The Bertz CT molecular complexity index is 479. The maximum Gasteiger partial charge on any atom is 0.417 e. The number of carboxylic acids is 1. The average molecular weight is 273 g/mol. The normalized spacial score (nSPS) is 16.6. The van der Waals surface area contributed by atoms with Crippen LogP contribution in [0.2, 0.25) is 0 Å². The lowest BCUT2D eigenvalue weighted by Gasteiger charge is -2.16. The molecule has 6 heteroatoms. The van der Waals surface area contributed by atoms with Gasteiger partial charge in [-0.15, -0.1) is 0 Å². The molecule has 0 aromatic heterocycles. The smallest absolute Gasteiger partial charge is 0.417 e. The SMILES string of the molecule is O=C(O)c1cc(NC2CCCC2)ccc1C(F)(F)F. The van der Waals surface area contributed by atoms with Crippen LogP contribution >= 0.6 is 0 Å². The fourth-order valence-corrected chi connectivity index (χ4v) is 2.36. The second kappa shape index (κ2) is 5.11. The van der Waals surface area contributed by atoms with E-state index in [2.05, 4.69) is 5.32 Å². The van der Waals surface area contributed by atoms with Gasteiger partial charge in [0.25, 0.3) is 0 Å². The van der Waals surface area contributed by atoms with Crippen LogP contribution in [-0.4, -0.2) is 17.1 Å². The molecule has 0 atom stereocenters. The number of hydrogen-bond acceptors (Lipinski definition) is 2. The maximum atomic E-state index is 12.7. The van der Waals surface area contributed by atoms with Gasteiger partial charge < -0.3 is 10.4 Å². The molecular formula is C13H14F3NO2. The minimum atomic E-state index is -4.65. The van der Waals surface area contributed by atoms with Crippen LogP contribution in [0, 0.1) is 0 Å². The van der Waals surface area contributed by atoms with E-state index in [1.807, 2.05) is 0 Å². The molecule has 3 nitrogen and oxygen atoms in total. The average Bonchev–Trinajstić information content (AvgIpc) is 2.80. The van der Waals surface area contributed by atoms with Crippen molar-refractivity contribution in [3.63, 3.8) is 0 Å². The molecule has 0 aliphatic heterocycles. The third-order valence-corrected chi connectivity index (χ3v) is 3.28. The number of rotatable bonds is 3. The van der Waals surface area contributed by atoms with Gasteiger partial charge in [0.2, 0.25) is 0 Å². The minimum absolute atomic E-state index is 0.221. The van der Waals surface area contributed by atoms with Crippen molar-refractivity contribution < 1.29 is 23.1 Å². The second-order valence-electron chi connectivity index (χ2n) is 4.69. The van der Waals surface area contributed by atoms with Gasteiger partial charge in [0.1, 0.15) is 0 Å². The Kier molecular flexibility index (Phi) is 3.68. The van der Waals surface area contributed by atoms with Crippen molar-refractivity contribution in [2.45, 2.75) is 37.9 Å². The molecular weight excluding hydrogens is 259 g/mol. The number of halogens is 3. The zero-order valence-electron chi connectivity index (χ0n) is 10.1. The van der Waals surface area contributed by atoms with E-state index in [0.717, 1.165) is 37.8 Å². The van der Waals surface area contributed by atoms with Gasteiger partial charge in [0.05, 0.1) is 11.1 Å². The molecule has 0 saturated heterocycles. The van der Waals surface area contributed by atoms with Crippen molar-refractivity contribution in [2.75, 3.05) is 5.32 Å². The first kappa shape index (κ1) is 13.7. The third-order valence-electron chi connectivity index (χ3n) is 3.28. The molecule has 1 aliphatic carbocycles. The first-order chi connectivity index (χ1) is 8.88. The van der Waals surface area contributed by atoms with Crippen LogP contribution in [0.4, 0.5) is 18.9 Å². The number of hydrogen-bond donors (Lipinski definition) is 2. The van der Waals surface area contributed by atoms with E-state index in [9.17, 15) is 18.0 Å². The van der Waals surface area contributed by atoms with Crippen LogP contribution in [0.5, 0.6) is 0 Å². The molecule has 0 unspecified atom stereocenters. The zero-order chi connectivity index (χ0) is 14.0. The lowest BCUT2D eigenvalue weighted by atomic mass is 10.1. The molecule has 0 bridgehead atoms. The Morgan fingerprint density at radius 1 is 1.26 bits per heavy atom. The summed E-state index contributed by atoms with van der Waals surface area (Å²) in [6.45, 7) is 0. The molecule has 104 valence electrons. The maximum absolute atomic E-state index is 12.7. The summed E-state index contributed by atoms with van der Waals surface area (Å²) >= 11 is 0. The number of benzene rings is 1. The number of carbonyl (C=O) groups is 1. The summed E-state index contributed by atoms with van der Waals surface area (Å²) < 4.78 is 38.0. The van der Waals surface area contributed by atoms with E-state index >= 15 is 0 Å². The molecule has 0 heterocycles. The van der Waals surface area contributed by atoms with Crippen molar-refractivity contribution in [1.29, 1.82) is 0 Å². The summed E-state index contributed by atoms with van der Waals surface area (Å²) in [6, 6.07) is 3.39. The highest BCUT2D eigenvalue weighted by Crippen LogP contribution is 2.34. The molecule has 1 aliphatic rings. The standard InChI is InChI=1S/C13H14F3NO2/c14-13(15,16)11-6-5-9(7-10(11)12(18)19)17-8-3-1-2-4-8/h5-8,17H,1-4H2,(H,18,19). The van der Waals surface area contributed by atoms with Gasteiger partial charge >= 0.3 is 12.1 Å². The van der Waals surface area contributed by atoms with E-state index in [-0.39, 0.29) is 6.04 Å². The van der Waals surface area contributed by atoms with Crippen LogP contribution in [0.25, 0.3) is 0 Å². The Morgan fingerprint density at radius 2 is 1.89 bits per heavy atom. The van der Waals surface area contributed by atoms with E-state index < -0.39 is 23.3 Å². The molecule has 19 heavy (non-hydrogen) atoms.